The van der Waals surface area contributed by atoms with Crippen LogP contribution in [0.25, 0.3) is 21.9 Å². The van der Waals surface area contributed by atoms with Crippen molar-refractivity contribution in [2.75, 3.05) is 0 Å². The molecule has 0 amide bonds. The first-order valence-electron chi connectivity index (χ1n) is 13.8. The summed E-state index contributed by atoms with van der Waals surface area (Å²) in [5.74, 6) is -0.752. The Morgan fingerprint density at radius 3 is 2.45 bits per heavy atom. The summed E-state index contributed by atoms with van der Waals surface area (Å²) in [7, 11) is 0. The van der Waals surface area contributed by atoms with E-state index in [1.165, 1.54) is 12.1 Å². The van der Waals surface area contributed by atoms with Crippen LogP contribution in [0.15, 0.2) is 78.9 Å². The molecule has 1 saturated carbocycles. The molecule has 1 aliphatic carbocycles. The van der Waals surface area contributed by atoms with Crippen LogP contribution in [0.2, 0.25) is 0 Å². The molecule has 5 aromatic rings. The van der Waals surface area contributed by atoms with Crippen molar-refractivity contribution >= 4 is 27.9 Å². The van der Waals surface area contributed by atoms with E-state index in [1.54, 1.807) is 12.1 Å². The van der Waals surface area contributed by atoms with E-state index in [2.05, 4.69) is 9.72 Å². The average Bonchev–Trinajstić information content (AvgIpc) is 3.33. The number of hydrogen-bond donors (Lipinski definition) is 1. The fourth-order valence-electron chi connectivity index (χ4n) is 5.73. The predicted molar refractivity (Wildman–Crippen MR) is 150 cm³/mol. The molecule has 42 heavy (non-hydrogen) atoms. The Balaban J connectivity index is 1.31. The van der Waals surface area contributed by atoms with E-state index in [4.69, 9.17) is 9.72 Å². The summed E-state index contributed by atoms with van der Waals surface area (Å²) in [6.07, 6.45) is -1.77. The van der Waals surface area contributed by atoms with Gasteiger partial charge in [0, 0.05) is 23.9 Å². The van der Waals surface area contributed by atoms with Crippen molar-refractivity contribution in [2.45, 2.75) is 51.1 Å². The molecule has 2 atom stereocenters. The molecule has 10 heteroatoms. The van der Waals surface area contributed by atoms with Crippen LogP contribution in [0, 0.1) is 5.92 Å². The van der Waals surface area contributed by atoms with Crippen LogP contribution < -0.4 is 9.47 Å². The van der Waals surface area contributed by atoms with Gasteiger partial charge in [-0.15, -0.1) is 13.2 Å². The molecule has 7 nitrogen and oxygen atoms in total. The fraction of sp³-hybridized carbons (Fsp3) is 0.281. The maximum Gasteiger partial charge on any atom is 0.573 e. The smallest absolute Gasteiger partial charge is 0.487 e. The van der Waals surface area contributed by atoms with Gasteiger partial charge in [0.15, 0.2) is 0 Å². The van der Waals surface area contributed by atoms with E-state index < -0.39 is 18.2 Å². The third kappa shape index (κ3) is 6.02. The Labute approximate surface area is 239 Å². The van der Waals surface area contributed by atoms with Crippen molar-refractivity contribution < 1.29 is 32.5 Å². The Hall–Kier alpha value is -4.60. The van der Waals surface area contributed by atoms with Crippen molar-refractivity contribution in [1.82, 2.24) is 14.5 Å². The highest BCUT2D eigenvalue weighted by Crippen LogP contribution is 2.39. The summed E-state index contributed by atoms with van der Waals surface area (Å²) in [5.41, 5.74) is 3.84. The standard InChI is InChI=1S/C32H28F3N3O4/c33-32(34,35)42-23-13-9-20(10-14-23)18-38-29-16-15-24(41-19-22-12-11-21-5-1-4-8-27(21)36-22)17-28(29)37-30(38)25-6-2-3-7-26(25)31(39)40/h1,4-5,8-17,25-26H,2-3,6-7,18-19H2,(H,39,40)/t25-,26+/m1/s1. The number of benzene rings is 3. The number of aliphatic carboxylic acids is 1. The van der Waals surface area contributed by atoms with Crippen molar-refractivity contribution in [3.8, 4) is 11.5 Å². The molecular formula is C32H28F3N3O4. The lowest BCUT2D eigenvalue weighted by molar-refractivity contribution is -0.274. The molecule has 1 aliphatic rings. The van der Waals surface area contributed by atoms with Gasteiger partial charge in [0.2, 0.25) is 0 Å². The fourth-order valence-corrected chi connectivity index (χ4v) is 5.73. The minimum absolute atomic E-state index is 0.264. The minimum atomic E-state index is -4.77. The highest BCUT2D eigenvalue weighted by molar-refractivity contribution is 5.79. The number of fused-ring (bicyclic) bond motifs is 2. The maximum absolute atomic E-state index is 12.6. The first-order valence-corrected chi connectivity index (χ1v) is 13.8. The molecule has 2 aromatic heterocycles. The van der Waals surface area contributed by atoms with Crippen LogP contribution in [0.5, 0.6) is 11.5 Å². The first-order chi connectivity index (χ1) is 20.2. The van der Waals surface area contributed by atoms with E-state index in [0.29, 0.717) is 36.5 Å². The van der Waals surface area contributed by atoms with Gasteiger partial charge in [-0.05, 0) is 54.8 Å². The largest absolute Gasteiger partial charge is 0.573 e. The van der Waals surface area contributed by atoms with Crippen LogP contribution in [0.3, 0.4) is 0 Å². The number of carbonyl (C=O) groups is 1. The second-order valence-electron chi connectivity index (χ2n) is 10.5. The lowest BCUT2D eigenvalue weighted by Gasteiger charge is -2.28. The number of ether oxygens (including phenoxy) is 2. The lowest BCUT2D eigenvalue weighted by Crippen LogP contribution is -2.27. The molecule has 6 rings (SSSR count). The average molecular weight is 576 g/mol. The van der Waals surface area contributed by atoms with Gasteiger partial charge in [0.05, 0.1) is 28.2 Å². The van der Waals surface area contributed by atoms with Crippen molar-refractivity contribution in [3.05, 3.63) is 95.9 Å². The molecule has 216 valence electrons. The molecule has 0 aliphatic heterocycles. The van der Waals surface area contributed by atoms with Gasteiger partial charge < -0.3 is 19.1 Å². The van der Waals surface area contributed by atoms with Crippen molar-refractivity contribution in [2.24, 2.45) is 5.92 Å². The summed E-state index contributed by atoms with van der Waals surface area (Å²) in [4.78, 5) is 21.7. The van der Waals surface area contributed by atoms with E-state index in [9.17, 15) is 23.1 Å². The van der Waals surface area contributed by atoms with Crippen LogP contribution >= 0.6 is 0 Å². The summed E-state index contributed by atoms with van der Waals surface area (Å²) in [6, 6.07) is 23.0. The minimum Gasteiger partial charge on any atom is -0.487 e. The molecule has 0 unspecified atom stereocenters. The van der Waals surface area contributed by atoms with Gasteiger partial charge in [0.25, 0.3) is 0 Å². The van der Waals surface area contributed by atoms with Crippen LogP contribution in [0.4, 0.5) is 13.2 Å². The van der Waals surface area contributed by atoms with E-state index >= 15 is 0 Å². The summed E-state index contributed by atoms with van der Waals surface area (Å²) < 4.78 is 49.9. The first kappa shape index (κ1) is 27.6. The third-order valence-corrected chi connectivity index (χ3v) is 7.70. The maximum atomic E-state index is 12.6. The number of pyridine rings is 1. The van der Waals surface area contributed by atoms with Crippen LogP contribution in [-0.2, 0) is 17.9 Å². The van der Waals surface area contributed by atoms with E-state index in [-0.39, 0.29) is 18.3 Å². The molecule has 3 aromatic carbocycles. The van der Waals surface area contributed by atoms with E-state index in [1.807, 2.05) is 59.2 Å². The zero-order valence-electron chi connectivity index (χ0n) is 22.6. The third-order valence-electron chi connectivity index (χ3n) is 7.70. The Morgan fingerprint density at radius 2 is 1.67 bits per heavy atom. The highest BCUT2D eigenvalue weighted by atomic mass is 19.4. The number of alkyl halides is 3. The number of imidazole rings is 1. The predicted octanol–water partition coefficient (Wildman–Crippen LogP) is 7.47. The van der Waals surface area contributed by atoms with Gasteiger partial charge in [-0.2, -0.15) is 0 Å². The van der Waals surface area contributed by atoms with Gasteiger partial charge in [-0.25, -0.2) is 9.97 Å². The Morgan fingerprint density at radius 1 is 0.905 bits per heavy atom. The lowest BCUT2D eigenvalue weighted by atomic mass is 9.78. The molecule has 0 radical (unpaired) electrons. The molecule has 0 bridgehead atoms. The van der Waals surface area contributed by atoms with Crippen molar-refractivity contribution in [1.29, 1.82) is 0 Å². The number of para-hydroxylation sites is 1. The normalized spacial score (nSPS) is 17.4. The number of carboxylic acid groups (broad SMARTS) is 1. The molecule has 1 fully saturated rings. The Kier molecular flexibility index (Phi) is 7.45. The SMILES string of the molecule is O=C(O)[C@H]1CCCC[C@H]1c1nc2cc(OCc3ccc4ccccc4n3)ccc2n1Cc1ccc(OC(F)(F)F)cc1. The Bertz CT molecular complexity index is 1730. The molecule has 2 heterocycles. The topological polar surface area (TPSA) is 86.5 Å². The summed E-state index contributed by atoms with van der Waals surface area (Å²) >= 11 is 0. The molecule has 1 N–H and O–H groups in total. The number of aromatic nitrogens is 3. The monoisotopic (exact) mass is 575 g/mol. The van der Waals surface area contributed by atoms with Gasteiger partial charge >= 0.3 is 12.3 Å². The number of halogens is 3. The number of rotatable bonds is 8. The van der Waals surface area contributed by atoms with E-state index in [0.717, 1.165) is 40.5 Å². The number of carboxylic acids is 1. The zero-order valence-corrected chi connectivity index (χ0v) is 22.6. The van der Waals surface area contributed by atoms with Crippen LogP contribution in [0.1, 0.15) is 48.7 Å². The quantitative estimate of drug-likeness (QED) is 0.207. The van der Waals surface area contributed by atoms with Gasteiger partial charge in [-0.1, -0.05) is 49.2 Å². The van der Waals surface area contributed by atoms with Gasteiger partial charge in [-0.3, -0.25) is 4.79 Å². The molecular weight excluding hydrogens is 547 g/mol. The number of nitrogens with zero attached hydrogens (tertiary/aromatic N) is 3. The summed E-state index contributed by atoms with van der Waals surface area (Å²) in [6.45, 7) is 0.572. The van der Waals surface area contributed by atoms with Crippen molar-refractivity contribution in [3.63, 3.8) is 0 Å². The zero-order chi connectivity index (χ0) is 29.3. The number of hydrogen-bond acceptors (Lipinski definition) is 5. The second kappa shape index (κ2) is 11.3. The van der Waals surface area contributed by atoms with Gasteiger partial charge in [0.1, 0.15) is 23.9 Å². The van der Waals surface area contributed by atoms with Crippen LogP contribution in [-0.4, -0.2) is 32.0 Å². The molecule has 0 spiro atoms. The highest BCUT2D eigenvalue weighted by Gasteiger charge is 2.35. The second-order valence-corrected chi connectivity index (χ2v) is 10.5. The summed E-state index contributed by atoms with van der Waals surface area (Å²) in [5, 5.41) is 11.0. The molecule has 0 saturated heterocycles.